The lowest BCUT2D eigenvalue weighted by Crippen LogP contribution is -2.24. The number of aromatic amines is 1. The number of aromatic nitrogens is 4. The SMILES string of the molecule is CC(C)(C)c1ncc(C2CC(=O)Nc3ccc4cn[nH]c4c32)cn1.O=CO. The Morgan fingerprint density at radius 2 is 1.85 bits per heavy atom. The van der Waals surface area contributed by atoms with Gasteiger partial charge in [-0.25, -0.2) is 9.97 Å². The fourth-order valence-corrected chi connectivity index (χ4v) is 3.18. The smallest absolute Gasteiger partial charge is 0.290 e. The van der Waals surface area contributed by atoms with Crippen LogP contribution in [0.15, 0.2) is 30.7 Å². The first-order valence-corrected chi connectivity index (χ1v) is 8.51. The molecule has 2 aromatic heterocycles. The van der Waals surface area contributed by atoms with Gasteiger partial charge in [0.05, 0.1) is 11.7 Å². The molecule has 27 heavy (non-hydrogen) atoms. The summed E-state index contributed by atoms with van der Waals surface area (Å²) in [7, 11) is 0. The van der Waals surface area contributed by atoms with E-state index in [4.69, 9.17) is 9.90 Å². The lowest BCUT2D eigenvalue weighted by molar-refractivity contribution is -0.123. The number of nitrogens with zero attached hydrogens (tertiary/aromatic N) is 3. The number of hydrogen-bond donors (Lipinski definition) is 3. The van der Waals surface area contributed by atoms with E-state index in [0.29, 0.717) is 6.42 Å². The molecule has 0 bridgehead atoms. The van der Waals surface area contributed by atoms with Gasteiger partial charge in [0.15, 0.2) is 0 Å². The summed E-state index contributed by atoms with van der Waals surface area (Å²) < 4.78 is 0. The third-order valence-electron chi connectivity index (χ3n) is 4.41. The van der Waals surface area contributed by atoms with E-state index in [2.05, 4.69) is 46.3 Å². The summed E-state index contributed by atoms with van der Waals surface area (Å²) in [4.78, 5) is 29.5. The van der Waals surface area contributed by atoms with Crippen molar-refractivity contribution in [1.82, 2.24) is 20.2 Å². The second-order valence-electron chi connectivity index (χ2n) is 7.36. The van der Waals surface area contributed by atoms with Crippen LogP contribution in [0.2, 0.25) is 0 Å². The predicted molar refractivity (Wildman–Crippen MR) is 101 cm³/mol. The average Bonchev–Trinajstić information content (AvgIpc) is 3.09. The molecule has 1 aromatic carbocycles. The zero-order chi connectivity index (χ0) is 19.6. The van der Waals surface area contributed by atoms with Crippen molar-refractivity contribution in [2.24, 2.45) is 0 Å². The van der Waals surface area contributed by atoms with Crippen LogP contribution in [0, 0.1) is 0 Å². The lowest BCUT2D eigenvalue weighted by atomic mass is 9.84. The van der Waals surface area contributed by atoms with Crippen molar-refractivity contribution in [3.63, 3.8) is 0 Å². The molecule has 1 unspecified atom stereocenters. The Morgan fingerprint density at radius 1 is 1.19 bits per heavy atom. The van der Waals surface area contributed by atoms with E-state index in [1.807, 2.05) is 24.5 Å². The van der Waals surface area contributed by atoms with E-state index in [1.54, 1.807) is 6.20 Å². The highest BCUT2D eigenvalue weighted by Gasteiger charge is 2.30. The van der Waals surface area contributed by atoms with Crippen molar-refractivity contribution in [1.29, 1.82) is 0 Å². The standard InChI is InChI=1S/C18H19N5O.CH2O2/c1-18(2,3)17-19-7-11(8-20-17)12-6-14(24)22-13-5-4-10-9-21-23-16(10)15(12)13;2-1-3/h4-5,7-9,12H,6H2,1-3H3,(H,21,23)(H,22,24);1H,(H,2,3). The Hall–Kier alpha value is -3.29. The van der Waals surface area contributed by atoms with Gasteiger partial charge in [-0.1, -0.05) is 20.8 Å². The van der Waals surface area contributed by atoms with Crippen LogP contribution in [0.25, 0.3) is 10.9 Å². The number of nitrogens with one attached hydrogen (secondary N) is 2. The summed E-state index contributed by atoms with van der Waals surface area (Å²) in [5.74, 6) is 0.727. The largest absolute Gasteiger partial charge is 0.483 e. The number of amides is 1. The van der Waals surface area contributed by atoms with Crippen molar-refractivity contribution >= 4 is 29.0 Å². The van der Waals surface area contributed by atoms with E-state index < -0.39 is 0 Å². The van der Waals surface area contributed by atoms with Crippen LogP contribution >= 0.6 is 0 Å². The van der Waals surface area contributed by atoms with Crippen LogP contribution in [-0.4, -0.2) is 37.7 Å². The fourth-order valence-electron chi connectivity index (χ4n) is 3.18. The van der Waals surface area contributed by atoms with Gasteiger partial charge < -0.3 is 10.4 Å². The molecule has 0 spiro atoms. The second-order valence-corrected chi connectivity index (χ2v) is 7.36. The predicted octanol–water partition coefficient (Wildman–Crippen LogP) is 2.83. The molecule has 4 rings (SSSR count). The van der Waals surface area contributed by atoms with E-state index in [9.17, 15) is 4.79 Å². The lowest BCUT2D eigenvalue weighted by Gasteiger charge is -2.26. The fraction of sp³-hybridized carbons (Fsp3) is 0.316. The third-order valence-corrected chi connectivity index (χ3v) is 4.41. The maximum atomic E-state index is 12.1. The first-order chi connectivity index (χ1) is 12.8. The summed E-state index contributed by atoms with van der Waals surface area (Å²) in [5, 5.41) is 18.1. The molecule has 0 saturated carbocycles. The number of benzene rings is 1. The van der Waals surface area contributed by atoms with E-state index >= 15 is 0 Å². The zero-order valence-electron chi connectivity index (χ0n) is 15.4. The first-order valence-electron chi connectivity index (χ1n) is 8.51. The second kappa shape index (κ2) is 7.14. The van der Waals surface area contributed by atoms with Crippen LogP contribution in [0.4, 0.5) is 5.69 Å². The van der Waals surface area contributed by atoms with Crippen molar-refractivity contribution < 1.29 is 14.7 Å². The van der Waals surface area contributed by atoms with Gasteiger partial charge in [0.1, 0.15) is 5.82 Å². The third kappa shape index (κ3) is 3.64. The normalized spacial score (nSPS) is 16.1. The van der Waals surface area contributed by atoms with Gasteiger partial charge in [-0.3, -0.25) is 14.7 Å². The summed E-state index contributed by atoms with van der Waals surface area (Å²) in [6.07, 6.45) is 5.86. The molecule has 0 saturated heterocycles. The minimum Gasteiger partial charge on any atom is -0.483 e. The summed E-state index contributed by atoms with van der Waals surface area (Å²) >= 11 is 0. The Balaban J connectivity index is 0.000000659. The van der Waals surface area contributed by atoms with Gasteiger partial charge in [0, 0.05) is 46.8 Å². The molecule has 1 atom stereocenters. The molecule has 1 aliphatic heterocycles. The van der Waals surface area contributed by atoms with Gasteiger partial charge in [-0.2, -0.15) is 5.10 Å². The van der Waals surface area contributed by atoms with Crippen LogP contribution in [0.3, 0.4) is 0 Å². The Morgan fingerprint density at radius 3 is 2.48 bits per heavy atom. The topological polar surface area (TPSA) is 121 Å². The molecule has 8 heteroatoms. The van der Waals surface area contributed by atoms with Crippen LogP contribution in [0.5, 0.6) is 0 Å². The van der Waals surface area contributed by atoms with Crippen molar-refractivity contribution in [3.05, 3.63) is 47.7 Å². The average molecular weight is 367 g/mol. The highest BCUT2D eigenvalue weighted by molar-refractivity contribution is 6.00. The van der Waals surface area contributed by atoms with Crippen molar-refractivity contribution in [3.8, 4) is 0 Å². The minimum atomic E-state index is -0.250. The van der Waals surface area contributed by atoms with Gasteiger partial charge in [0.25, 0.3) is 6.47 Å². The minimum absolute atomic E-state index is 0.00580. The molecule has 1 aliphatic rings. The molecule has 3 heterocycles. The van der Waals surface area contributed by atoms with Gasteiger partial charge in [0.2, 0.25) is 5.91 Å². The summed E-state index contributed by atoms with van der Waals surface area (Å²) in [5.41, 5.74) is 3.68. The first kappa shape index (κ1) is 18.5. The number of anilines is 1. The van der Waals surface area contributed by atoms with Gasteiger partial charge in [-0.15, -0.1) is 0 Å². The number of carbonyl (C=O) groups excluding carboxylic acids is 1. The highest BCUT2D eigenvalue weighted by atomic mass is 16.3. The quantitative estimate of drug-likeness (QED) is 0.569. The molecule has 3 aromatic rings. The molecule has 140 valence electrons. The number of H-pyrrole nitrogens is 1. The maximum Gasteiger partial charge on any atom is 0.290 e. The number of carboxylic acid groups (broad SMARTS) is 1. The van der Waals surface area contributed by atoms with Crippen molar-refractivity contribution in [2.75, 3.05) is 5.32 Å². The number of rotatable bonds is 1. The number of hydrogen-bond acceptors (Lipinski definition) is 5. The number of fused-ring (bicyclic) bond motifs is 3. The zero-order valence-corrected chi connectivity index (χ0v) is 15.4. The molecule has 1 amide bonds. The van der Waals surface area contributed by atoms with Gasteiger partial charge in [-0.05, 0) is 17.7 Å². The van der Waals surface area contributed by atoms with Gasteiger partial charge >= 0.3 is 0 Å². The Bertz CT molecular complexity index is 973. The van der Waals surface area contributed by atoms with E-state index in [0.717, 1.165) is 33.5 Å². The molecular weight excluding hydrogens is 346 g/mol. The molecule has 0 aliphatic carbocycles. The highest BCUT2D eigenvalue weighted by Crippen LogP contribution is 2.40. The monoisotopic (exact) mass is 367 g/mol. The molecule has 0 radical (unpaired) electrons. The van der Waals surface area contributed by atoms with Crippen LogP contribution in [0.1, 0.15) is 50.1 Å². The summed E-state index contributed by atoms with van der Waals surface area (Å²) in [6, 6.07) is 3.89. The van der Waals surface area contributed by atoms with Crippen molar-refractivity contribution in [2.45, 2.75) is 38.5 Å². The van der Waals surface area contributed by atoms with E-state index in [1.165, 1.54) is 0 Å². The molecule has 0 fully saturated rings. The molecular formula is C19H21N5O3. The Labute approximate surface area is 156 Å². The molecule has 3 N–H and O–H groups in total. The Kier molecular flexibility index (Phi) is 4.89. The number of carbonyl (C=O) groups is 2. The van der Waals surface area contributed by atoms with Crippen LogP contribution < -0.4 is 5.32 Å². The summed E-state index contributed by atoms with van der Waals surface area (Å²) in [6.45, 7) is 6.00. The maximum absolute atomic E-state index is 12.1. The molecule has 8 nitrogen and oxygen atoms in total. The van der Waals surface area contributed by atoms with E-state index in [-0.39, 0.29) is 23.7 Å². The van der Waals surface area contributed by atoms with Crippen LogP contribution in [-0.2, 0) is 15.0 Å².